The summed E-state index contributed by atoms with van der Waals surface area (Å²) in [6.07, 6.45) is 2.50. The number of hydrogen-bond acceptors (Lipinski definition) is 9. The number of hydrogen-bond donors (Lipinski definition) is 1. The van der Waals surface area contributed by atoms with Crippen molar-refractivity contribution in [3.63, 3.8) is 0 Å². The Labute approximate surface area is 221 Å². The maximum atomic E-state index is 12.5. The maximum Gasteiger partial charge on any atom is 0.270 e. The third-order valence-electron chi connectivity index (χ3n) is 5.61. The highest BCUT2D eigenvalue weighted by Crippen LogP contribution is 2.31. The van der Waals surface area contributed by atoms with Crippen LogP contribution in [0.5, 0.6) is 0 Å². The summed E-state index contributed by atoms with van der Waals surface area (Å²) in [5, 5.41) is 15.7. The number of ether oxygens (including phenoxy) is 1. The second-order valence-corrected chi connectivity index (χ2v) is 10.4. The molecule has 3 aromatic heterocycles. The Kier molecular flexibility index (Phi) is 8.34. The monoisotopic (exact) mass is 544 g/mol. The lowest BCUT2D eigenvalue weighted by atomic mass is 10.3. The van der Waals surface area contributed by atoms with Crippen LogP contribution in [0.3, 0.4) is 0 Å². The number of nitrogens with zero attached hydrogens (tertiary/aromatic N) is 5. The number of furan rings is 1. The van der Waals surface area contributed by atoms with Gasteiger partial charge in [0.1, 0.15) is 10.7 Å². The molecule has 0 spiro atoms. The smallest absolute Gasteiger partial charge is 0.270 e. The fourth-order valence-electron chi connectivity index (χ4n) is 3.78. The first-order chi connectivity index (χ1) is 17.7. The van der Waals surface area contributed by atoms with Crippen molar-refractivity contribution in [3.8, 4) is 17.3 Å². The van der Waals surface area contributed by atoms with Crippen LogP contribution in [0.1, 0.15) is 21.9 Å². The summed E-state index contributed by atoms with van der Waals surface area (Å²) in [5.41, 5.74) is 1.31. The highest BCUT2D eigenvalue weighted by molar-refractivity contribution is 7.98. The minimum absolute atomic E-state index is 0.145. The van der Waals surface area contributed by atoms with E-state index >= 15 is 0 Å². The first kappa shape index (κ1) is 25.0. The van der Waals surface area contributed by atoms with E-state index in [-0.39, 0.29) is 5.91 Å². The van der Waals surface area contributed by atoms with Gasteiger partial charge in [0.05, 0.1) is 25.2 Å². The molecule has 0 radical (unpaired) electrons. The third-order valence-corrected chi connectivity index (χ3v) is 7.83. The van der Waals surface area contributed by atoms with E-state index in [2.05, 4.69) is 25.4 Å². The lowest BCUT2D eigenvalue weighted by Gasteiger charge is -2.26. The van der Waals surface area contributed by atoms with E-state index in [9.17, 15) is 4.79 Å². The molecular formula is C24H25ClN6O3S2. The summed E-state index contributed by atoms with van der Waals surface area (Å²) in [7, 11) is 0. The van der Waals surface area contributed by atoms with Crippen molar-refractivity contribution in [2.24, 2.45) is 0 Å². The van der Waals surface area contributed by atoms with Gasteiger partial charge in [-0.2, -0.15) is 0 Å². The van der Waals surface area contributed by atoms with Crippen molar-refractivity contribution in [2.75, 3.05) is 39.4 Å². The number of rotatable bonds is 10. The summed E-state index contributed by atoms with van der Waals surface area (Å²) in [6.45, 7) is 5.05. The molecule has 0 atom stereocenters. The second kappa shape index (κ2) is 12.0. The molecule has 1 fully saturated rings. The predicted octanol–water partition coefficient (Wildman–Crippen LogP) is 4.38. The van der Waals surface area contributed by atoms with Gasteiger partial charge < -0.3 is 14.5 Å². The van der Waals surface area contributed by atoms with Crippen molar-refractivity contribution < 1.29 is 13.9 Å². The molecule has 1 aliphatic rings. The van der Waals surface area contributed by atoms with E-state index in [1.165, 1.54) is 23.1 Å². The number of carbonyl (C=O) groups excluding carboxylic acids is 1. The molecule has 1 N–H and O–H groups in total. The lowest BCUT2D eigenvalue weighted by molar-refractivity contribution is 0.0374. The second-order valence-electron chi connectivity index (χ2n) is 8.07. The van der Waals surface area contributed by atoms with Crippen molar-refractivity contribution in [1.82, 2.24) is 30.0 Å². The minimum atomic E-state index is -0.145. The summed E-state index contributed by atoms with van der Waals surface area (Å²) in [4.78, 5) is 19.4. The fraction of sp³-hybridized carbons (Fsp3) is 0.333. The summed E-state index contributed by atoms with van der Waals surface area (Å²) in [5.74, 6) is 1.62. The largest absolute Gasteiger partial charge is 0.461 e. The SMILES string of the molecule is O=C(NCCCN1CCOCC1)c1csc(CSc2nnc(-c3ccco3)n2-c2ccc(Cl)cc2)n1. The zero-order valence-electron chi connectivity index (χ0n) is 19.4. The van der Waals surface area contributed by atoms with Crippen LogP contribution in [0, 0.1) is 0 Å². The van der Waals surface area contributed by atoms with E-state index in [1.807, 2.05) is 41.0 Å². The number of thiazole rings is 1. The molecular weight excluding hydrogens is 520 g/mol. The Morgan fingerprint density at radius 1 is 1.17 bits per heavy atom. The van der Waals surface area contributed by atoms with Crippen LogP contribution >= 0.6 is 34.7 Å². The Balaban J connectivity index is 1.20. The third kappa shape index (κ3) is 6.16. The van der Waals surface area contributed by atoms with Gasteiger partial charge in [-0.3, -0.25) is 14.3 Å². The topological polar surface area (TPSA) is 98.3 Å². The normalized spacial score (nSPS) is 14.2. The van der Waals surface area contributed by atoms with Gasteiger partial charge in [-0.1, -0.05) is 23.4 Å². The van der Waals surface area contributed by atoms with Crippen molar-refractivity contribution >= 4 is 40.6 Å². The van der Waals surface area contributed by atoms with E-state index in [0.717, 1.165) is 50.0 Å². The van der Waals surface area contributed by atoms with E-state index in [1.54, 1.807) is 11.6 Å². The molecule has 1 aliphatic heterocycles. The minimum Gasteiger partial charge on any atom is -0.461 e. The first-order valence-electron chi connectivity index (χ1n) is 11.6. The van der Waals surface area contributed by atoms with Gasteiger partial charge in [0, 0.05) is 35.7 Å². The Hall–Kier alpha value is -2.70. The molecule has 36 heavy (non-hydrogen) atoms. The molecule has 1 saturated heterocycles. The van der Waals surface area contributed by atoms with Crippen molar-refractivity contribution in [2.45, 2.75) is 17.3 Å². The van der Waals surface area contributed by atoms with Gasteiger partial charge in [-0.05, 0) is 49.4 Å². The van der Waals surface area contributed by atoms with Crippen LogP contribution in [0.15, 0.2) is 57.6 Å². The molecule has 5 rings (SSSR count). The maximum absolute atomic E-state index is 12.5. The molecule has 9 nitrogen and oxygen atoms in total. The average molecular weight is 545 g/mol. The highest BCUT2D eigenvalue weighted by atomic mass is 35.5. The number of carbonyl (C=O) groups is 1. The summed E-state index contributed by atoms with van der Waals surface area (Å²) < 4.78 is 12.9. The number of thioether (sulfide) groups is 1. The molecule has 1 amide bonds. The van der Waals surface area contributed by atoms with Gasteiger partial charge in [0.15, 0.2) is 10.9 Å². The molecule has 1 aromatic carbocycles. The Bertz CT molecular complexity index is 1270. The molecule has 4 heterocycles. The van der Waals surface area contributed by atoms with Gasteiger partial charge in [-0.25, -0.2) is 4.98 Å². The van der Waals surface area contributed by atoms with Gasteiger partial charge in [-0.15, -0.1) is 21.5 Å². The van der Waals surface area contributed by atoms with Crippen molar-refractivity contribution in [3.05, 3.63) is 63.8 Å². The first-order valence-corrected chi connectivity index (χ1v) is 13.8. The van der Waals surface area contributed by atoms with Crippen molar-refractivity contribution in [1.29, 1.82) is 0 Å². The van der Waals surface area contributed by atoms with Crippen LogP contribution in [-0.2, 0) is 10.5 Å². The van der Waals surface area contributed by atoms with Crippen LogP contribution in [0.25, 0.3) is 17.3 Å². The molecule has 0 aliphatic carbocycles. The number of halogens is 1. The molecule has 12 heteroatoms. The van der Waals surface area contributed by atoms with Gasteiger partial charge >= 0.3 is 0 Å². The zero-order valence-corrected chi connectivity index (χ0v) is 21.8. The summed E-state index contributed by atoms with van der Waals surface area (Å²) >= 11 is 9.04. The van der Waals surface area contributed by atoms with Gasteiger partial charge in [0.2, 0.25) is 5.82 Å². The molecule has 0 bridgehead atoms. The highest BCUT2D eigenvalue weighted by Gasteiger charge is 2.19. The van der Waals surface area contributed by atoms with Crippen LogP contribution in [0.4, 0.5) is 0 Å². The number of nitrogens with one attached hydrogen (secondary N) is 1. The number of morpholine rings is 1. The van der Waals surface area contributed by atoms with Crippen LogP contribution < -0.4 is 5.32 Å². The standard InChI is InChI=1S/C24H25ClN6O3S2/c25-17-4-6-18(7-5-17)31-22(20-3-1-12-34-20)28-29-24(31)36-16-21-27-19(15-35-21)23(32)26-8-2-9-30-10-13-33-14-11-30/h1,3-7,12,15H,2,8-11,13-14,16H2,(H,26,32). The zero-order chi connectivity index (χ0) is 24.7. The van der Waals surface area contributed by atoms with E-state index in [0.29, 0.717) is 39.8 Å². The summed E-state index contributed by atoms with van der Waals surface area (Å²) in [6, 6.07) is 11.1. The lowest BCUT2D eigenvalue weighted by Crippen LogP contribution is -2.38. The van der Waals surface area contributed by atoms with Crippen LogP contribution in [-0.4, -0.2) is 69.9 Å². The number of benzene rings is 1. The number of aromatic nitrogens is 4. The average Bonchev–Trinajstić information content (AvgIpc) is 3.67. The predicted molar refractivity (Wildman–Crippen MR) is 140 cm³/mol. The van der Waals surface area contributed by atoms with E-state index in [4.69, 9.17) is 20.8 Å². The number of amides is 1. The van der Waals surface area contributed by atoms with Crippen LogP contribution in [0.2, 0.25) is 5.02 Å². The van der Waals surface area contributed by atoms with Gasteiger partial charge in [0.25, 0.3) is 5.91 Å². The molecule has 188 valence electrons. The molecule has 4 aromatic rings. The fourth-order valence-corrected chi connectivity index (χ4v) is 5.65. The molecule has 0 saturated carbocycles. The Morgan fingerprint density at radius 3 is 2.78 bits per heavy atom. The quantitative estimate of drug-likeness (QED) is 0.232. The van der Waals surface area contributed by atoms with E-state index < -0.39 is 0 Å². The molecule has 0 unspecified atom stereocenters. The Morgan fingerprint density at radius 2 is 2.00 bits per heavy atom.